The summed E-state index contributed by atoms with van der Waals surface area (Å²) in [6.45, 7) is 0. The van der Waals surface area contributed by atoms with Gasteiger partial charge in [0.1, 0.15) is 10.6 Å². The fraction of sp³-hybridized carbons (Fsp3) is 0.263. The van der Waals surface area contributed by atoms with E-state index in [9.17, 15) is 18.0 Å². The Bertz CT molecular complexity index is 998. The van der Waals surface area contributed by atoms with Gasteiger partial charge in [-0.1, -0.05) is 6.07 Å². The number of nitrogens with one attached hydrogen (secondary N) is 2. The Balaban J connectivity index is 1.79. The van der Waals surface area contributed by atoms with Gasteiger partial charge in [0.15, 0.2) is 0 Å². The normalized spacial score (nSPS) is 13.6. The first-order valence-electron chi connectivity index (χ1n) is 8.61. The zero-order chi connectivity index (χ0) is 20.3. The molecule has 9 heteroatoms. The number of hydrogen-bond donors (Lipinski definition) is 3. The first-order valence-corrected chi connectivity index (χ1v) is 10.1. The highest BCUT2D eigenvalue weighted by Crippen LogP contribution is 2.31. The lowest BCUT2D eigenvalue weighted by atomic mass is 10.1. The number of amides is 1. The summed E-state index contributed by atoms with van der Waals surface area (Å²) in [4.78, 5) is 22.5. The predicted molar refractivity (Wildman–Crippen MR) is 103 cm³/mol. The Kier molecular flexibility index (Phi) is 5.55. The molecule has 0 saturated heterocycles. The van der Waals surface area contributed by atoms with Gasteiger partial charge in [0, 0.05) is 17.3 Å². The summed E-state index contributed by atoms with van der Waals surface area (Å²) in [5.74, 6) is -0.919. The Hall–Kier alpha value is -3.07. The second kappa shape index (κ2) is 7.89. The highest BCUT2D eigenvalue weighted by Gasteiger charge is 2.29. The van der Waals surface area contributed by atoms with Crippen molar-refractivity contribution >= 4 is 33.3 Å². The Morgan fingerprint density at radius 1 is 1.11 bits per heavy atom. The third-order valence-corrected chi connectivity index (χ3v) is 5.63. The summed E-state index contributed by atoms with van der Waals surface area (Å²) in [7, 11) is -2.67. The number of carboxylic acid groups (broad SMARTS) is 1. The van der Waals surface area contributed by atoms with E-state index in [2.05, 4.69) is 10.0 Å². The minimum absolute atomic E-state index is 0.0340. The monoisotopic (exact) mass is 404 g/mol. The Morgan fingerprint density at radius 2 is 1.75 bits per heavy atom. The number of carbonyl (C=O) groups excluding carboxylic acids is 1. The quantitative estimate of drug-likeness (QED) is 0.621. The molecule has 0 unspecified atom stereocenters. The van der Waals surface area contributed by atoms with Crippen LogP contribution in [0, 0.1) is 5.92 Å². The molecule has 1 amide bonds. The van der Waals surface area contributed by atoms with E-state index in [0.29, 0.717) is 16.9 Å². The third-order valence-electron chi connectivity index (χ3n) is 4.23. The Labute approximate surface area is 162 Å². The summed E-state index contributed by atoms with van der Waals surface area (Å²) in [5.41, 5.74) is 1.22. The Morgan fingerprint density at radius 3 is 2.32 bits per heavy atom. The van der Waals surface area contributed by atoms with Gasteiger partial charge in [0.25, 0.3) is 10.0 Å². The molecule has 0 atom stereocenters. The molecule has 28 heavy (non-hydrogen) atoms. The SMILES string of the molecule is COc1ccc(CC(=O)O)cc1S(=O)(=O)Nc1ccc(NC(=O)C2CC2)cc1. The number of aliphatic carboxylic acids is 1. The number of carbonyl (C=O) groups is 2. The molecule has 2 aromatic rings. The topological polar surface area (TPSA) is 122 Å². The van der Waals surface area contributed by atoms with Crippen molar-refractivity contribution in [1.82, 2.24) is 0 Å². The zero-order valence-electron chi connectivity index (χ0n) is 15.1. The molecular weight excluding hydrogens is 384 g/mol. The van der Waals surface area contributed by atoms with Crippen LogP contribution in [0.25, 0.3) is 0 Å². The van der Waals surface area contributed by atoms with E-state index in [1.54, 1.807) is 12.1 Å². The van der Waals surface area contributed by atoms with Crippen molar-refractivity contribution in [3.8, 4) is 5.75 Å². The second-order valence-corrected chi connectivity index (χ2v) is 8.15. The van der Waals surface area contributed by atoms with Crippen molar-refractivity contribution in [3.63, 3.8) is 0 Å². The fourth-order valence-electron chi connectivity index (χ4n) is 2.64. The molecule has 148 valence electrons. The van der Waals surface area contributed by atoms with E-state index in [0.717, 1.165) is 12.8 Å². The zero-order valence-corrected chi connectivity index (χ0v) is 16.0. The molecule has 1 saturated carbocycles. The van der Waals surface area contributed by atoms with Gasteiger partial charge in [-0.25, -0.2) is 8.42 Å². The van der Waals surface area contributed by atoms with Gasteiger partial charge in [-0.15, -0.1) is 0 Å². The number of carboxylic acids is 1. The molecule has 2 aromatic carbocycles. The third kappa shape index (κ3) is 4.80. The van der Waals surface area contributed by atoms with Gasteiger partial charge in [-0.2, -0.15) is 0 Å². The van der Waals surface area contributed by atoms with Crippen LogP contribution in [0.2, 0.25) is 0 Å². The van der Waals surface area contributed by atoms with Gasteiger partial charge in [0.05, 0.1) is 13.5 Å². The molecule has 1 fully saturated rings. The van der Waals surface area contributed by atoms with E-state index in [4.69, 9.17) is 9.84 Å². The average molecular weight is 404 g/mol. The summed E-state index contributed by atoms with van der Waals surface area (Å²) >= 11 is 0. The van der Waals surface area contributed by atoms with Crippen LogP contribution in [0.5, 0.6) is 5.75 Å². The van der Waals surface area contributed by atoms with E-state index >= 15 is 0 Å². The molecular formula is C19H20N2O6S. The highest BCUT2D eigenvalue weighted by molar-refractivity contribution is 7.92. The molecule has 0 spiro atoms. The van der Waals surface area contributed by atoms with Crippen molar-refractivity contribution in [3.05, 3.63) is 48.0 Å². The summed E-state index contributed by atoms with van der Waals surface area (Å²) < 4.78 is 33.1. The summed E-state index contributed by atoms with van der Waals surface area (Å²) in [5, 5.41) is 11.7. The van der Waals surface area contributed by atoms with Crippen molar-refractivity contribution in [2.75, 3.05) is 17.1 Å². The van der Waals surface area contributed by atoms with E-state index < -0.39 is 16.0 Å². The van der Waals surface area contributed by atoms with Crippen LogP contribution < -0.4 is 14.8 Å². The van der Waals surface area contributed by atoms with Crippen LogP contribution in [0.4, 0.5) is 11.4 Å². The lowest BCUT2D eigenvalue weighted by Crippen LogP contribution is -2.15. The van der Waals surface area contributed by atoms with Gasteiger partial charge < -0.3 is 15.2 Å². The van der Waals surface area contributed by atoms with Crippen molar-refractivity contribution in [2.24, 2.45) is 5.92 Å². The first kappa shape index (κ1) is 19.7. The molecule has 0 radical (unpaired) electrons. The maximum Gasteiger partial charge on any atom is 0.307 e. The van der Waals surface area contributed by atoms with Crippen LogP contribution in [-0.4, -0.2) is 32.5 Å². The molecule has 3 N–H and O–H groups in total. The largest absolute Gasteiger partial charge is 0.495 e. The van der Waals surface area contributed by atoms with Crippen LogP contribution in [0.1, 0.15) is 18.4 Å². The number of methoxy groups -OCH3 is 1. The maximum absolute atomic E-state index is 12.8. The predicted octanol–water partition coefficient (Wildman–Crippen LogP) is 2.47. The fourth-order valence-corrected chi connectivity index (χ4v) is 3.92. The molecule has 3 rings (SSSR count). The number of ether oxygens (including phenoxy) is 1. The minimum atomic E-state index is -4.01. The first-order chi connectivity index (χ1) is 13.3. The molecule has 1 aliphatic carbocycles. The van der Waals surface area contributed by atoms with Gasteiger partial charge >= 0.3 is 5.97 Å². The highest BCUT2D eigenvalue weighted by atomic mass is 32.2. The standard InChI is InChI=1S/C19H20N2O6S/c1-27-16-9-2-12(11-18(22)23)10-17(16)28(25,26)21-15-7-5-14(6-8-15)20-19(24)13-3-4-13/h2,5-10,13,21H,3-4,11H2,1H3,(H,20,24)(H,22,23). The number of sulfonamides is 1. The summed E-state index contributed by atoms with van der Waals surface area (Å²) in [6.07, 6.45) is 1.49. The van der Waals surface area contributed by atoms with Crippen molar-refractivity contribution in [1.29, 1.82) is 0 Å². The molecule has 0 bridgehead atoms. The van der Waals surface area contributed by atoms with E-state index in [-0.39, 0.29) is 28.9 Å². The molecule has 0 aliphatic heterocycles. The summed E-state index contributed by atoms with van der Waals surface area (Å²) in [6, 6.07) is 10.5. The van der Waals surface area contributed by atoms with Crippen LogP contribution in [0.3, 0.4) is 0 Å². The van der Waals surface area contributed by atoms with Crippen LogP contribution in [-0.2, 0) is 26.0 Å². The van der Waals surface area contributed by atoms with Crippen LogP contribution in [0.15, 0.2) is 47.4 Å². The van der Waals surface area contributed by atoms with Gasteiger partial charge in [0.2, 0.25) is 5.91 Å². The molecule has 8 nitrogen and oxygen atoms in total. The lowest BCUT2D eigenvalue weighted by Gasteiger charge is -2.13. The van der Waals surface area contributed by atoms with E-state index in [1.165, 1.54) is 37.4 Å². The molecule has 1 aliphatic rings. The van der Waals surface area contributed by atoms with Gasteiger partial charge in [-0.05, 0) is 54.8 Å². The van der Waals surface area contributed by atoms with Crippen molar-refractivity contribution < 1.29 is 27.9 Å². The second-order valence-electron chi connectivity index (χ2n) is 6.50. The minimum Gasteiger partial charge on any atom is -0.495 e. The smallest absolute Gasteiger partial charge is 0.307 e. The number of anilines is 2. The maximum atomic E-state index is 12.8. The van der Waals surface area contributed by atoms with Crippen molar-refractivity contribution in [2.45, 2.75) is 24.2 Å². The lowest BCUT2D eigenvalue weighted by molar-refractivity contribution is -0.136. The average Bonchev–Trinajstić information content (AvgIpc) is 3.48. The number of benzene rings is 2. The molecule has 0 aromatic heterocycles. The molecule has 0 heterocycles. The van der Waals surface area contributed by atoms with E-state index in [1.807, 2.05) is 0 Å². The number of hydrogen-bond acceptors (Lipinski definition) is 5. The van der Waals surface area contributed by atoms with Crippen LogP contribution >= 0.6 is 0 Å². The van der Waals surface area contributed by atoms with Gasteiger partial charge in [-0.3, -0.25) is 14.3 Å². The number of rotatable bonds is 8.